The highest BCUT2D eigenvalue weighted by Crippen LogP contribution is 2.21. The van der Waals surface area contributed by atoms with Crippen LogP contribution < -0.4 is 4.74 Å². The van der Waals surface area contributed by atoms with Gasteiger partial charge in [-0.15, -0.1) is 6.42 Å². The molecule has 1 aromatic rings. The summed E-state index contributed by atoms with van der Waals surface area (Å²) in [5.41, 5.74) is -0.152. The van der Waals surface area contributed by atoms with Gasteiger partial charge in [-0.1, -0.05) is 6.07 Å². The quantitative estimate of drug-likeness (QED) is 0.779. The van der Waals surface area contributed by atoms with Crippen LogP contribution in [0.25, 0.3) is 0 Å². The monoisotopic (exact) mass is 212 g/mol. The summed E-state index contributed by atoms with van der Waals surface area (Å²) in [6.07, 6.45) is 0.772. The maximum absolute atomic E-state index is 12.6. The van der Waals surface area contributed by atoms with Crippen molar-refractivity contribution in [3.8, 4) is 18.1 Å². The van der Waals surface area contributed by atoms with Gasteiger partial charge < -0.3 is 9.84 Å². The Bertz CT molecular complexity index is 421. The van der Waals surface area contributed by atoms with Crippen molar-refractivity contribution in [2.24, 2.45) is 0 Å². The number of carbonyl (C=O) groups is 1. The molecule has 0 unspecified atom stereocenters. The number of hydrogen-bond acceptors (Lipinski definition) is 2. The summed E-state index contributed by atoms with van der Waals surface area (Å²) >= 11 is 0. The third kappa shape index (κ3) is 2.95. The molecule has 0 aliphatic heterocycles. The van der Waals surface area contributed by atoms with Crippen LogP contribution in [0.2, 0.25) is 0 Å². The van der Waals surface area contributed by atoms with Crippen LogP contribution in [0.1, 0.15) is 10.4 Å². The zero-order valence-electron chi connectivity index (χ0n) is 7.41. The third-order valence-electron chi connectivity index (χ3n) is 1.50. The number of aromatic carboxylic acids is 1. The lowest BCUT2D eigenvalue weighted by atomic mass is 10.2. The van der Waals surface area contributed by atoms with Crippen LogP contribution in [0.4, 0.5) is 8.78 Å². The van der Waals surface area contributed by atoms with E-state index in [9.17, 15) is 13.6 Å². The zero-order chi connectivity index (χ0) is 11.5. The Kier molecular flexibility index (Phi) is 2.90. The summed E-state index contributed by atoms with van der Waals surface area (Å²) in [5.74, 6) is -0.390. The minimum atomic E-state index is -3.74. The van der Waals surface area contributed by atoms with E-state index in [1.54, 1.807) is 0 Å². The molecule has 0 bridgehead atoms. The fourth-order valence-corrected chi connectivity index (χ4v) is 0.870. The van der Waals surface area contributed by atoms with Crippen molar-refractivity contribution in [1.29, 1.82) is 0 Å². The van der Waals surface area contributed by atoms with Gasteiger partial charge in [-0.2, -0.15) is 8.78 Å². The van der Waals surface area contributed by atoms with Gasteiger partial charge >= 0.3 is 12.1 Å². The van der Waals surface area contributed by atoms with Crippen LogP contribution in [-0.4, -0.2) is 17.2 Å². The minimum absolute atomic E-state index is 0.152. The van der Waals surface area contributed by atoms with Crippen LogP contribution >= 0.6 is 0 Å². The van der Waals surface area contributed by atoms with E-state index in [1.807, 2.05) is 0 Å². The second kappa shape index (κ2) is 3.96. The number of halogens is 2. The van der Waals surface area contributed by atoms with Crippen LogP contribution in [0.15, 0.2) is 24.3 Å². The average molecular weight is 212 g/mol. The lowest BCUT2D eigenvalue weighted by molar-refractivity contribution is -0.122. The molecular weight excluding hydrogens is 206 g/mol. The number of alkyl halides is 2. The van der Waals surface area contributed by atoms with Crippen molar-refractivity contribution in [3.05, 3.63) is 29.8 Å². The van der Waals surface area contributed by atoms with Gasteiger partial charge in [-0.25, -0.2) is 4.79 Å². The molecule has 0 aromatic heterocycles. The molecule has 0 heterocycles. The molecule has 0 fully saturated rings. The van der Waals surface area contributed by atoms with Crippen molar-refractivity contribution in [2.75, 3.05) is 0 Å². The first-order valence-corrected chi connectivity index (χ1v) is 3.82. The number of rotatable bonds is 3. The Hall–Kier alpha value is -2.09. The predicted octanol–water partition coefficient (Wildman–Crippen LogP) is 1.99. The molecule has 0 saturated heterocycles. The molecule has 15 heavy (non-hydrogen) atoms. The number of carboxylic acids is 1. The van der Waals surface area contributed by atoms with E-state index >= 15 is 0 Å². The Balaban J connectivity index is 2.93. The summed E-state index contributed by atoms with van der Waals surface area (Å²) in [5, 5.41) is 8.58. The highest BCUT2D eigenvalue weighted by Gasteiger charge is 2.28. The minimum Gasteiger partial charge on any atom is -0.478 e. The first-order chi connectivity index (χ1) is 6.94. The van der Waals surface area contributed by atoms with E-state index in [2.05, 4.69) is 11.2 Å². The second-order valence-corrected chi connectivity index (χ2v) is 2.60. The molecule has 1 rings (SSSR count). The second-order valence-electron chi connectivity index (χ2n) is 2.60. The smallest absolute Gasteiger partial charge is 0.468 e. The number of benzene rings is 1. The molecule has 5 heteroatoms. The SMILES string of the molecule is C#CC(F)(F)Oc1cccc(C(=O)O)c1. The highest BCUT2D eigenvalue weighted by molar-refractivity contribution is 5.87. The molecule has 0 aliphatic rings. The normalized spacial score (nSPS) is 10.5. The molecule has 78 valence electrons. The fraction of sp³-hybridized carbons (Fsp3) is 0.100. The van der Waals surface area contributed by atoms with E-state index in [1.165, 1.54) is 18.2 Å². The molecule has 0 atom stereocenters. The Labute approximate surface area is 84.3 Å². The van der Waals surface area contributed by atoms with Gasteiger partial charge in [-0.3, -0.25) is 0 Å². The molecule has 0 aliphatic carbocycles. The van der Waals surface area contributed by atoms with Gasteiger partial charge in [0.15, 0.2) is 0 Å². The highest BCUT2D eigenvalue weighted by atomic mass is 19.3. The lowest BCUT2D eigenvalue weighted by Gasteiger charge is -2.11. The molecule has 0 spiro atoms. The van der Waals surface area contributed by atoms with E-state index in [0.717, 1.165) is 12.0 Å². The van der Waals surface area contributed by atoms with Crippen LogP contribution in [0.5, 0.6) is 5.75 Å². The first kappa shape index (κ1) is 11.0. The summed E-state index contributed by atoms with van der Waals surface area (Å²) < 4.78 is 29.2. The molecule has 0 radical (unpaired) electrons. The number of terminal acetylenes is 1. The van der Waals surface area contributed by atoms with E-state index in [-0.39, 0.29) is 11.3 Å². The fourth-order valence-electron chi connectivity index (χ4n) is 0.870. The summed E-state index contributed by atoms with van der Waals surface area (Å²) in [6, 6.07) is 4.69. The summed E-state index contributed by atoms with van der Waals surface area (Å²) in [4.78, 5) is 10.5. The van der Waals surface area contributed by atoms with Crippen LogP contribution in [0, 0.1) is 12.3 Å². The van der Waals surface area contributed by atoms with Crippen molar-refractivity contribution in [3.63, 3.8) is 0 Å². The summed E-state index contributed by atoms with van der Waals surface area (Å²) in [6.45, 7) is 0. The molecular formula is C10H6F2O3. The van der Waals surface area contributed by atoms with Gasteiger partial charge in [-0.05, 0) is 18.2 Å². The van der Waals surface area contributed by atoms with Crippen molar-refractivity contribution in [1.82, 2.24) is 0 Å². The summed E-state index contributed by atoms with van der Waals surface area (Å²) in [7, 11) is 0. The van der Waals surface area contributed by atoms with Crippen molar-refractivity contribution >= 4 is 5.97 Å². The first-order valence-electron chi connectivity index (χ1n) is 3.82. The third-order valence-corrected chi connectivity index (χ3v) is 1.50. The average Bonchev–Trinajstić information content (AvgIpc) is 2.17. The van der Waals surface area contributed by atoms with E-state index in [4.69, 9.17) is 5.11 Å². The van der Waals surface area contributed by atoms with Gasteiger partial charge in [0, 0.05) is 5.92 Å². The number of carboxylic acid groups (broad SMARTS) is 1. The maximum Gasteiger partial charge on any atom is 0.468 e. The maximum atomic E-state index is 12.6. The van der Waals surface area contributed by atoms with Gasteiger partial charge in [0.2, 0.25) is 0 Å². The van der Waals surface area contributed by atoms with Crippen molar-refractivity contribution in [2.45, 2.75) is 6.11 Å². The van der Waals surface area contributed by atoms with Gasteiger partial charge in [0.05, 0.1) is 5.56 Å². The number of ether oxygens (including phenoxy) is 1. The molecule has 1 N–H and O–H groups in total. The largest absolute Gasteiger partial charge is 0.478 e. The Morgan fingerprint density at radius 2 is 2.20 bits per heavy atom. The lowest BCUT2D eigenvalue weighted by Crippen LogP contribution is -2.21. The predicted molar refractivity (Wildman–Crippen MR) is 47.8 cm³/mol. The molecule has 0 amide bonds. The van der Waals surface area contributed by atoms with Crippen molar-refractivity contribution < 1.29 is 23.4 Å². The molecule has 1 aromatic carbocycles. The van der Waals surface area contributed by atoms with Gasteiger partial charge in [0.25, 0.3) is 0 Å². The number of hydrogen-bond donors (Lipinski definition) is 1. The van der Waals surface area contributed by atoms with Crippen LogP contribution in [0.3, 0.4) is 0 Å². The standard InChI is InChI=1S/C10H6F2O3/c1-2-10(11,12)15-8-5-3-4-7(6-8)9(13)14/h1,3-6H,(H,13,14). The molecule has 0 saturated carbocycles. The zero-order valence-corrected chi connectivity index (χ0v) is 7.41. The Morgan fingerprint density at radius 3 is 2.73 bits per heavy atom. The van der Waals surface area contributed by atoms with E-state index in [0.29, 0.717) is 0 Å². The topological polar surface area (TPSA) is 46.5 Å². The van der Waals surface area contributed by atoms with Crippen LogP contribution in [-0.2, 0) is 0 Å². The van der Waals surface area contributed by atoms with Gasteiger partial charge in [0.1, 0.15) is 5.75 Å². The molecule has 3 nitrogen and oxygen atoms in total. The van der Waals surface area contributed by atoms with E-state index < -0.39 is 12.1 Å². The Morgan fingerprint density at radius 1 is 1.53 bits per heavy atom.